The predicted molar refractivity (Wildman–Crippen MR) is 71.8 cm³/mol. The van der Waals surface area contributed by atoms with E-state index >= 15 is 0 Å². The van der Waals surface area contributed by atoms with Gasteiger partial charge >= 0.3 is 0 Å². The molecule has 0 aromatic heterocycles. The van der Waals surface area contributed by atoms with Crippen molar-refractivity contribution >= 4 is 0 Å². The maximum Gasteiger partial charge on any atom is 0.0110 e. The summed E-state index contributed by atoms with van der Waals surface area (Å²) in [4.78, 5) is 2.60. The molecular weight excluding hydrogens is 196 g/mol. The molecule has 16 heavy (non-hydrogen) atoms. The molecule has 2 nitrogen and oxygen atoms in total. The van der Waals surface area contributed by atoms with Gasteiger partial charge in [0.2, 0.25) is 0 Å². The number of hydrogen-bond donors (Lipinski definition) is 1. The lowest BCUT2D eigenvalue weighted by Gasteiger charge is -2.23. The minimum Gasteiger partial charge on any atom is -0.313 e. The van der Waals surface area contributed by atoms with E-state index in [1.54, 1.807) is 0 Å². The van der Waals surface area contributed by atoms with Gasteiger partial charge in [0.05, 0.1) is 0 Å². The van der Waals surface area contributed by atoms with Gasteiger partial charge in [0.1, 0.15) is 0 Å². The molecule has 1 saturated heterocycles. The summed E-state index contributed by atoms with van der Waals surface area (Å²) in [5, 5.41) is 3.66. The Balaban J connectivity index is 2.10. The number of likely N-dealkylation sites (tertiary alicyclic amines) is 1. The molecule has 0 aliphatic carbocycles. The highest BCUT2D eigenvalue weighted by molar-refractivity contribution is 4.77. The maximum atomic E-state index is 3.78. The zero-order valence-electron chi connectivity index (χ0n) is 11.0. The highest BCUT2D eigenvalue weighted by Crippen LogP contribution is 2.15. The van der Waals surface area contributed by atoms with Crippen LogP contribution >= 0.6 is 0 Å². The largest absolute Gasteiger partial charge is 0.313 e. The maximum absolute atomic E-state index is 3.78. The Morgan fingerprint density at radius 3 is 2.94 bits per heavy atom. The first-order chi connectivity index (χ1) is 7.77. The second-order valence-corrected chi connectivity index (χ2v) is 4.95. The highest BCUT2D eigenvalue weighted by Gasteiger charge is 2.19. The van der Waals surface area contributed by atoms with Crippen LogP contribution in [0.25, 0.3) is 0 Å². The molecule has 1 heterocycles. The lowest BCUT2D eigenvalue weighted by atomic mass is 10.1. The molecule has 94 valence electrons. The van der Waals surface area contributed by atoms with Crippen molar-refractivity contribution < 1.29 is 0 Å². The van der Waals surface area contributed by atoms with Crippen LogP contribution in [0, 0.1) is 0 Å². The molecule has 0 saturated carbocycles. The van der Waals surface area contributed by atoms with Gasteiger partial charge in [-0.05, 0) is 45.6 Å². The molecule has 1 aliphatic rings. The molecule has 1 rings (SSSR count). The average Bonchev–Trinajstić information content (AvgIpc) is 2.69. The summed E-state index contributed by atoms with van der Waals surface area (Å²) in [6.45, 7) is 12.0. The van der Waals surface area contributed by atoms with E-state index in [4.69, 9.17) is 0 Å². The Labute approximate surface area is 101 Å². The zero-order valence-corrected chi connectivity index (χ0v) is 11.0. The summed E-state index contributed by atoms with van der Waals surface area (Å²) < 4.78 is 0. The molecule has 0 aromatic carbocycles. The van der Waals surface area contributed by atoms with Gasteiger partial charge in [0, 0.05) is 25.2 Å². The fourth-order valence-electron chi connectivity index (χ4n) is 2.51. The summed E-state index contributed by atoms with van der Waals surface area (Å²) in [5.41, 5.74) is 0. The number of allylic oxidation sites excluding steroid dienone is 1. The summed E-state index contributed by atoms with van der Waals surface area (Å²) in [7, 11) is 0. The van der Waals surface area contributed by atoms with Crippen molar-refractivity contribution in [2.24, 2.45) is 0 Å². The van der Waals surface area contributed by atoms with Crippen molar-refractivity contribution in [3.05, 3.63) is 12.7 Å². The molecule has 1 aliphatic heterocycles. The zero-order chi connectivity index (χ0) is 11.8. The molecule has 1 fully saturated rings. The molecular formula is C14H28N2. The van der Waals surface area contributed by atoms with Crippen LogP contribution in [0.2, 0.25) is 0 Å². The normalized spacial score (nSPS) is 23.5. The third-order valence-corrected chi connectivity index (χ3v) is 3.73. The van der Waals surface area contributed by atoms with Crippen molar-refractivity contribution in [1.29, 1.82) is 0 Å². The average molecular weight is 224 g/mol. The SMILES string of the molecule is C=CCCC(CC)NCCN1CCCC1C. The summed E-state index contributed by atoms with van der Waals surface area (Å²) in [6, 6.07) is 1.48. The Morgan fingerprint density at radius 1 is 1.56 bits per heavy atom. The van der Waals surface area contributed by atoms with E-state index in [0.717, 1.165) is 19.0 Å². The smallest absolute Gasteiger partial charge is 0.0110 e. The molecule has 0 amide bonds. The van der Waals surface area contributed by atoms with Crippen LogP contribution in [0.3, 0.4) is 0 Å². The van der Waals surface area contributed by atoms with E-state index in [1.165, 1.54) is 38.8 Å². The fourth-order valence-corrected chi connectivity index (χ4v) is 2.51. The standard InChI is InChI=1S/C14H28N2/c1-4-6-9-14(5-2)15-10-12-16-11-7-8-13(16)3/h4,13-15H,1,5-12H2,2-3H3. The van der Waals surface area contributed by atoms with Gasteiger partial charge in [-0.1, -0.05) is 13.0 Å². The van der Waals surface area contributed by atoms with Crippen LogP contribution in [-0.2, 0) is 0 Å². The van der Waals surface area contributed by atoms with Crippen molar-refractivity contribution in [3.63, 3.8) is 0 Å². The van der Waals surface area contributed by atoms with Gasteiger partial charge in [0.15, 0.2) is 0 Å². The number of nitrogens with one attached hydrogen (secondary N) is 1. The molecule has 1 N–H and O–H groups in total. The monoisotopic (exact) mass is 224 g/mol. The van der Waals surface area contributed by atoms with E-state index in [0.29, 0.717) is 6.04 Å². The summed E-state index contributed by atoms with van der Waals surface area (Å²) in [5.74, 6) is 0. The van der Waals surface area contributed by atoms with Crippen LogP contribution < -0.4 is 5.32 Å². The van der Waals surface area contributed by atoms with Gasteiger partial charge in [-0.15, -0.1) is 6.58 Å². The molecule has 0 spiro atoms. The molecule has 0 bridgehead atoms. The highest BCUT2D eigenvalue weighted by atomic mass is 15.2. The lowest BCUT2D eigenvalue weighted by Crippen LogP contribution is -2.38. The van der Waals surface area contributed by atoms with Crippen molar-refractivity contribution in [2.45, 2.75) is 58.0 Å². The van der Waals surface area contributed by atoms with Crippen molar-refractivity contribution in [2.75, 3.05) is 19.6 Å². The second kappa shape index (κ2) is 7.86. The third kappa shape index (κ3) is 4.67. The van der Waals surface area contributed by atoms with E-state index in [2.05, 4.69) is 30.6 Å². The fraction of sp³-hybridized carbons (Fsp3) is 0.857. The lowest BCUT2D eigenvalue weighted by molar-refractivity contribution is 0.262. The van der Waals surface area contributed by atoms with Crippen molar-refractivity contribution in [3.8, 4) is 0 Å². The van der Waals surface area contributed by atoms with Gasteiger partial charge < -0.3 is 5.32 Å². The minimum absolute atomic E-state index is 0.677. The van der Waals surface area contributed by atoms with Crippen LogP contribution in [0.4, 0.5) is 0 Å². The first kappa shape index (κ1) is 13.7. The van der Waals surface area contributed by atoms with Crippen molar-refractivity contribution in [1.82, 2.24) is 10.2 Å². The number of hydrogen-bond acceptors (Lipinski definition) is 2. The quantitative estimate of drug-likeness (QED) is 0.638. The molecule has 2 atom stereocenters. The third-order valence-electron chi connectivity index (χ3n) is 3.73. The Kier molecular flexibility index (Phi) is 6.74. The Hall–Kier alpha value is -0.340. The van der Waals surface area contributed by atoms with Crippen LogP contribution in [-0.4, -0.2) is 36.6 Å². The van der Waals surface area contributed by atoms with Crippen LogP contribution in [0.5, 0.6) is 0 Å². The molecule has 0 aromatic rings. The van der Waals surface area contributed by atoms with Crippen LogP contribution in [0.1, 0.15) is 46.0 Å². The van der Waals surface area contributed by atoms with Gasteiger partial charge in [-0.2, -0.15) is 0 Å². The Morgan fingerprint density at radius 2 is 2.38 bits per heavy atom. The van der Waals surface area contributed by atoms with E-state index in [9.17, 15) is 0 Å². The summed E-state index contributed by atoms with van der Waals surface area (Å²) in [6.07, 6.45) is 8.37. The second-order valence-electron chi connectivity index (χ2n) is 4.95. The first-order valence-electron chi connectivity index (χ1n) is 6.86. The first-order valence-corrected chi connectivity index (χ1v) is 6.86. The summed E-state index contributed by atoms with van der Waals surface area (Å²) >= 11 is 0. The van der Waals surface area contributed by atoms with Crippen LogP contribution in [0.15, 0.2) is 12.7 Å². The number of rotatable bonds is 8. The van der Waals surface area contributed by atoms with Gasteiger partial charge in [-0.3, -0.25) is 4.90 Å². The molecule has 2 unspecified atom stereocenters. The Bertz CT molecular complexity index is 191. The van der Waals surface area contributed by atoms with E-state index < -0.39 is 0 Å². The van der Waals surface area contributed by atoms with E-state index in [1.807, 2.05) is 6.08 Å². The topological polar surface area (TPSA) is 15.3 Å². The molecule has 2 heteroatoms. The van der Waals surface area contributed by atoms with Gasteiger partial charge in [0.25, 0.3) is 0 Å². The van der Waals surface area contributed by atoms with E-state index in [-0.39, 0.29) is 0 Å². The molecule has 0 radical (unpaired) electrons. The minimum atomic E-state index is 0.677. The predicted octanol–water partition coefficient (Wildman–Crippen LogP) is 2.81. The number of nitrogens with zero attached hydrogens (tertiary/aromatic N) is 1. The van der Waals surface area contributed by atoms with Gasteiger partial charge in [-0.25, -0.2) is 0 Å².